The van der Waals surface area contributed by atoms with Crippen LogP contribution in [0.1, 0.15) is 47.8 Å². The van der Waals surface area contributed by atoms with Crippen LogP contribution in [0.2, 0.25) is 0 Å². The molecule has 0 spiro atoms. The molecule has 0 atom stereocenters. The molecule has 0 amide bonds. The Morgan fingerprint density at radius 2 is 1.48 bits per heavy atom. The number of hydrogen-bond acceptors (Lipinski definition) is 6. The second-order valence-corrected chi connectivity index (χ2v) is 5.50. The molecule has 2 aromatic carbocycles. The van der Waals surface area contributed by atoms with E-state index in [2.05, 4.69) is 0 Å². The van der Waals surface area contributed by atoms with E-state index in [-0.39, 0.29) is 39.3 Å². The Morgan fingerprint density at radius 1 is 0.960 bits per heavy atom. The van der Waals surface area contributed by atoms with Gasteiger partial charge in [-0.3, -0.25) is 9.59 Å². The largest absolute Gasteiger partial charge is 0.507 e. The van der Waals surface area contributed by atoms with E-state index in [4.69, 9.17) is 9.47 Å². The number of ether oxygens (including phenoxy) is 2. The van der Waals surface area contributed by atoms with Crippen molar-refractivity contribution in [2.75, 3.05) is 14.2 Å². The van der Waals surface area contributed by atoms with Gasteiger partial charge in [0.15, 0.2) is 11.6 Å². The van der Waals surface area contributed by atoms with Gasteiger partial charge in [0, 0.05) is 11.1 Å². The molecule has 0 radical (unpaired) electrons. The molecule has 0 aromatic heterocycles. The van der Waals surface area contributed by atoms with Gasteiger partial charge in [-0.05, 0) is 30.7 Å². The number of aromatic hydroxyl groups is 1. The summed E-state index contributed by atoms with van der Waals surface area (Å²) in [4.78, 5) is 37.4. The van der Waals surface area contributed by atoms with Crippen LogP contribution in [-0.2, 0) is 0 Å². The van der Waals surface area contributed by atoms with E-state index in [0.717, 1.165) is 6.07 Å². The summed E-state index contributed by atoms with van der Waals surface area (Å²) in [7, 11) is 2.73. The Morgan fingerprint density at radius 3 is 1.96 bits per heavy atom. The lowest BCUT2D eigenvalue weighted by molar-refractivity contribution is 0.0692. The summed E-state index contributed by atoms with van der Waals surface area (Å²) in [6.07, 6.45) is 0. The van der Waals surface area contributed by atoms with E-state index in [1.165, 1.54) is 33.3 Å². The number of aromatic carboxylic acids is 1. The SMILES string of the molecule is COc1ccc(OC)c2c1C(=O)c1cc(O)c(C(=O)O)c(C)c1C2=O. The van der Waals surface area contributed by atoms with Crippen LogP contribution in [0.3, 0.4) is 0 Å². The van der Waals surface area contributed by atoms with E-state index in [1.807, 2.05) is 0 Å². The lowest BCUT2D eigenvalue weighted by Crippen LogP contribution is -2.25. The zero-order chi connectivity index (χ0) is 18.5. The summed E-state index contributed by atoms with van der Waals surface area (Å²) in [5, 5.41) is 19.3. The first-order valence-corrected chi connectivity index (χ1v) is 7.27. The van der Waals surface area contributed by atoms with E-state index in [9.17, 15) is 24.6 Å². The van der Waals surface area contributed by atoms with E-state index in [1.54, 1.807) is 0 Å². The average Bonchev–Trinajstić information content (AvgIpc) is 2.57. The molecule has 7 nitrogen and oxygen atoms in total. The summed E-state index contributed by atoms with van der Waals surface area (Å²) < 4.78 is 10.4. The monoisotopic (exact) mass is 342 g/mol. The maximum Gasteiger partial charge on any atom is 0.339 e. The molecule has 1 aliphatic carbocycles. The number of rotatable bonds is 3. The molecule has 2 aromatic rings. The first kappa shape index (κ1) is 16.5. The molecule has 0 heterocycles. The molecule has 0 bridgehead atoms. The normalized spacial score (nSPS) is 12.4. The smallest absolute Gasteiger partial charge is 0.339 e. The second-order valence-electron chi connectivity index (χ2n) is 5.50. The minimum Gasteiger partial charge on any atom is -0.507 e. The molecule has 0 aliphatic heterocycles. The highest BCUT2D eigenvalue weighted by atomic mass is 16.5. The van der Waals surface area contributed by atoms with Gasteiger partial charge in [0.1, 0.15) is 22.8 Å². The lowest BCUT2D eigenvalue weighted by atomic mass is 9.79. The summed E-state index contributed by atoms with van der Waals surface area (Å²) in [5.41, 5.74) is -0.462. The zero-order valence-corrected chi connectivity index (χ0v) is 13.7. The Balaban J connectivity index is 2.42. The lowest BCUT2D eigenvalue weighted by Gasteiger charge is -2.23. The van der Waals surface area contributed by atoms with Crippen LogP contribution in [0.15, 0.2) is 18.2 Å². The third-order valence-electron chi connectivity index (χ3n) is 4.26. The Bertz CT molecular complexity index is 957. The van der Waals surface area contributed by atoms with Crippen molar-refractivity contribution in [1.82, 2.24) is 0 Å². The second kappa shape index (κ2) is 5.62. The van der Waals surface area contributed by atoms with Gasteiger partial charge in [-0.2, -0.15) is 0 Å². The third-order valence-corrected chi connectivity index (χ3v) is 4.26. The predicted molar refractivity (Wildman–Crippen MR) is 86.2 cm³/mol. The molecule has 128 valence electrons. The number of carbonyl (C=O) groups is 3. The van der Waals surface area contributed by atoms with E-state index >= 15 is 0 Å². The summed E-state index contributed by atoms with van der Waals surface area (Å²) in [6, 6.07) is 4.02. The molecular formula is C18H14O7. The number of carboxylic acid groups (broad SMARTS) is 1. The molecule has 3 rings (SSSR count). The van der Waals surface area contributed by atoms with Crippen LogP contribution >= 0.6 is 0 Å². The van der Waals surface area contributed by atoms with Gasteiger partial charge in [0.05, 0.1) is 25.3 Å². The number of phenols is 1. The van der Waals surface area contributed by atoms with Crippen LogP contribution in [0.4, 0.5) is 0 Å². The van der Waals surface area contributed by atoms with Crippen molar-refractivity contribution < 1.29 is 34.1 Å². The van der Waals surface area contributed by atoms with Crippen molar-refractivity contribution in [2.24, 2.45) is 0 Å². The third kappa shape index (κ3) is 2.16. The van der Waals surface area contributed by atoms with Crippen LogP contribution in [0.5, 0.6) is 17.2 Å². The molecule has 25 heavy (non-hydrogen) atoms. The molecule has 0 fully saturated rings. The van der Waals surface area contributed by atoms with Gasteiger partial charge in [-0.1, -0.05) is 0 Å². The van der Waals surface area contributed by atoms with Gasteiger partial charge >= 0.3 is 5.97 Å². The van der Waals surface area contributed by atoms with Crippen molar-refractivity contribution in [1.29, 1.82) is 0 Å². The standard InChI is InChI=1S/C18H14O7/c1-7-12-8(6-9(19)13(7)18(22)23)16(20)14-10(24-2)4-5-11(25-3)15(14)17(12)21/h4-6,19H,1-3H3,(H,22,23). The summed E-state index contributed by atoms with van der Waals surface area (Å²) in [5.74, 6) is -2.68. The zero-order valence-electron chi connectivity index (χ0n) is 13.7. The maximum absolute atomic E-state index is 13.0. The van der Waals surface area contributed by atoms with Gasteiger partial charge in [0.2, 0.25) is 0 Å². The van der Waals surface area contributed by atoms with Crippen molar-refractivity contribution in [3.63, 3.8) is 0 Å². The number of hydrogen-bond donors (Lipinski definition) is 2. The summed E-state index contributed by atoms with van der Waals surface area (Å²) >= 11 is 0. The molecule has 7 heteroatoms. The first-order valence-electron chi connectivity index (χ1n) is 7.27. The van der Waals surface area contributed by atoms with Crippen LogP contribution in [0, 0.1) is 6.92 Å². The van der Waals surface area contributed by atoms with Crippen LogP contribution in [0.25, 0.3) is 0 Å². The van der Waals surface area contributed by atoms with E-state index in [0.29, 0.717) is 0 Å². The van der Waals surface area contributed by atoms with Crippen LogP contribution < -0.4 is 9.47 Å². The fraction of sp³-hybridized carbons (Fsp3) is 0.167. The number of carboxylic acids is 1. The maximum atomic E-state index is 13.0. The molecular weight excluding hydrogens is 328 g/mol. The average molecular weight is 342 g/mol. The minimum absolute atomic E-state index is 0.0180. The highest BCUT2D eigenvalue weighted by Gasteiger charge is 2.38. The minimum atomic E-state index is -1.39. The molecule has 0 unspecified atom stereocenters. The molecule has 0 saturated carbocycles. The molecule has 2 N–H and O–H groups in total. The molecule has 1 aliphatic rings. The fourth-order valence-electron chi connectivity index (χ4n) is 3.16. The van der Waals surface area contributed by atoms with Gasteiger partial charge < -0.3 is 19.7 Å². The summed E-state index contributed by atoms with van der Waals surface area (Å²) in [6.45, 7) is 1.38. The van der Waals surface area contributed by atoms with Crippen molar-refractivity contribution in [3.05, 3.63) is 51.6 Å². The predicted octanol–water partition coefficient (Wildman–Crippen LogP) is 2.19. The number of benzene rings is 2. The number of ketones is 2. The fourth-order valence-corrected chi connectivity index (χ4v) is 3.16. The molecule has 0 saturated heterocycles. The van der Waals surface area contributed by atoms with E-state index < -0.39 is 28.8 Å². The van der Waals surface area contributed by atoms with Crippen molar-refractivity contribution >= 4 is 17.5 Å². The quantitative estimate of drug-likeness (QED) is 0.750. The Labute approximate surface area is 142 Å². The number of fused-ring (bicyclic) bond motifs is 2. The topological polar surface area (TPSA) is 110 Å². The highest BCUT2D eigenvalue weighted by molar-refractivity contribution is 6.31. The van der Waals surface area contributed by atoms with Gasteiger partial charge in [-0.15, -0.1) is 0 Å². The highest BCUT2D eigenvalue weighted by Crippen LogP contribution is 2.41. The number of carbonyl (C=O) groups excluding carboxylic acids is 2. The van der Waals surface area contributed by atoms with Gasteiger partial charge in [-0.25, -0.2) is 4.79 Å². The first-order chi connectivity index (χ1) is 11.8. The number of methoxy groups -OCH3 is 2. The van der Waals surface area contributed by atoms with Crippen molar-refractivity contribution in [2.45, 2.75) is 6.92 Å². The Kier molecular flexibility index (Phi) is 3.71. The van der Waals surface area contributed by atoms with Crippen molar-refractivity contribution in [3.8, 4) is 17.2 Å². The Hall–Kier alpha value is -3.35. The van der Waals surface area contributed by atoms with Crippen LogP contribution in [-0.4, -0.2) is 42.0 Å². The van der Waals surface area contributed by atoms with Gasteiger partial charge in [0.25, 0.3) is 0 Å².